The molecule has 4 rings (SSSR count). The Morgan fingerprint density at radius 1 is 1.03 bits per heavy atom. The molecule has 0 unspecified atom stereocenters. The summed E-state index contributed by atoms with van der Waals surface area (Å²) in [5, 5.41) is 2.76. The minimum absolute atomic E-state index is 0.0125. The second-order valence-electron chi connectivity index (χ2n) is 7.92. The number of carbonyl (C=O) groups is 3. The zero-order valence-corrected chi connectivity index (χ0v) is 19.7. The highest BCUT2D eigenvalue weighted by atomic mass is 35.5. The van der Waals surface area contributed by atoms with E-state index in [1.165, 1.54) is 23.5 Å². The van der Waals surface area contributed by atoms with Gasteiger partial charge in [-0.1, -0.05) is 35.9 Å². The molecule has 0 saturated carbocycles. The van der Waals surface area contributed by atoms with Gasteiger partial charge in [-0.05, 0) is 42.7 Å². The van der Waals surface area contributed by atoms with Crippen LogP contribution in [0.5, 0.6) is 0 Å². The summed E-state index contributed by atoms with van der Waals surface area (Å²) in [6, 6.07) is 12.5. The van der Waals surface area contributed by atoms with Crippen LogP contribution < -0.4 is 10.9 Å². The predicted molar refractivity (Wildman–Crippen MR) is 127 cm³/mol. The molecule has 2 heterocycles. The van der Waals surface area contributed by atoms with Crippen molar-refractivity contribution in [1.82, 2.24) is 20.7 Å². The molecular formula is C24H22ClFN4O3S. The van der Waals surface area contributed by atoms with Gasteiger partial charge in [0, 0.05) is 24.4 Å². The number of hydrazine groups is 1. The number of carbonyl (C=O) groups excluding carboxylic acids is 3. The molecule has 0 spiro atoms. The van der Waals surface area contributed by atoms with Crippen molar-refractivity contribution >= 4 is 40.7 Å². The summed E-state index contributed by atoms with van der Waals surface area (Å²) in [7, 11) is 0. The van der Waals surface area contributed by atoms with E-state index in [0.29, 0.717) is 13.1 Å². The van der Waals surface area contributed by atoms with Crippen LogP contribution in [0.1, 0.15) is 50.2 Å². The van der Waals surface area contributed by atoms with Gasteiger partial charge in [-0.2, -0.15) is 0 Å². The molecule has 10 heteroatoms. The first-order valence-electron chi connectivity index (χ1n) is 10.7. The molecule has 176 valence electrons. The molecule has 3 aromatic rings. The van der Waals surface area contributed by atoms with Crippen molar-refractivity contribution in [3.8, 4) is 0 Å². The van der Waals surface area contributed by atoms with Crippen molar-refractivity contribution in [3.63, 3.8) is 0 Å². The Labute approximate surface area is 204 Å². The molecule has 1 saturated heterocycles. The summed E-state index contributed by atoms with van der Waals surface area (Å²) >= 11 is 7.38. The molecule has 3 amide bonds. The molecule has 2 aromatic carbocycles. The molecule has 0 radical (unpaired) electrons. The third kappa shape index (κ3) is 5.78. The van der Waals surface area contributed by atoms with Crippen LogP contribution in [0.25, 0.3) is 0 Å². The molecule has 1 aromatic heterocycles. The van der Waals surface area contributed by atoms with Crippen molar-refractivity contribution in [3.05, 3.63) is 86.6 Å². The van der Waals surface area contributed by atoms with Crippen molar-refractivity contribution in [2.45, 2.75) is 25.2 Å². The van der Waals surface area contributed by atoms with Crippen LogP contribution >= 0.6 is 22.9 Å². The van der Waals surface area contributed by atoms with Crippen LogP contribution in [0.15, 0.2) is 53.9 Å². The molecular weight excluding hydrogens is 479 g/mol. The molecule has 0 aliphatic carbocycles. The first-order valence-corrected chi connectivity index (χ1v) is 12.0. The largest absolute Gasteiger partial charge is 0.342 e. The Balaban J connectivity index is 1.27. The van der Waals surface area contributed by atoms with Gasteiger partial charge in [-0.3, -0.25) is 25.2 Å². The number of aromatic nitrogens is 1. The van der Waals surface area contributed by atoms with Crippen molar-refractivity contribution < 1.29 is 18.8 Å². The summed E-state index contributed by atoms with van der Waals surface area (Å²) < 4.78 is 13.0. The fourth-order valence-electron chi connectivity index (χ4n) is 3.73. The lowest BCUT2D eigenvalue weighted by Gasteiger charge is -2.31. The standard InChI is InChI=1S/C24H22ClFN4O3S/c25-19-4-2-1-3-18(19)22(32)28-29-23(33)20-14-34-24(27-20)16-9-11-30(12-10-16)21(31)13-15-5-7-17(26)8-6-15/h1-8,14,16H,9-13H2,(H,28,32)(H,29,33). The van der Waals surface area contributed by atoms with E-state index in [-0.39, 0.29) is 40.3 Å². The number of rotatable bonds is 5. The van der Waals surface area contributed by atoms with Gasteiger partial charge in [0.05, 0.1) is 22.0 Å². The topological polar surface area (TPSA) is 91.4 Å². The Morgan fingerprint density at radius 2 is 1.71 bits per heavy atom. The van der Waals surface area contributed by atoms with Gasteiger partial charge in [0.15, 0.2) is 0 Å². The second kappa shape index (κ2) is 10.8. The number of halogens is 2. The van der Waals surface area contributed by atoms with E-state index < -0.39 is 11.8 Å². The summed E-state index contributed by atoms with van der Waals surface area (Å²) in [5.74, 6) is -1.20. The Hall–Kier alpha value is -3.30. The lowest BCUT2D eigenvalue weighted by atomic mass is 9.97. The Bertz CT molecular complexity index is 1190. The number of hydrogen-bond acceptors (Lipinski definition) is 5. The fraction of sp³-hybridized carbons (Fsp3) is 0.250. The van der Waals surface area contributed by atoms with Crippen LogP contribution in [-0.2, 0) is 11.2 Å². The van der Waals surface area contributed by atoms with E-state index in [1.54, 1.807) is 41.8 Å². The molecule has 2 N–H and O–H groups in total. The highest BCUT2D eigenvalue weighted by Gasteiger charge is 2.26. The van der Waals surface area contributed by atoms with E-state index in [1.807, 2.05) is 4.90 Å². The van der Waals surface area contributed by atoms with E-state index in [4.69, 9.17) is 11.6 Å². The summed E-state index contributed by atoms with van der Waals surface area (Å²) in [6.45, 7) is 1.19. The lowest BCUT2D eigenvalue weighted by molar-refractivity contribution is -0.131. The first-order chi connectivity index (χ1) is 16.4. The van der Waals surface area contributed by atoms with Crippen LogP contribution in [0.2, 0.25) is 5.02 Å². The van der Waals surface area contributed by atoms with Gasteiger partial charge in [-0.25, -0.2) is 9.37 Å². The third-order valence-electron chi connectivity index (χ3n) is 5.63. The number of thiazole rings is 1. The van der Waals surface area contributed by atoms with E-state index in [9.17, 15) is 18.8 Å². The van der Waals surface area contributed by atoms with Gasteiger partial charge >= 0.3 is 0 Å². The molecule has 0 atom stereocenters. The van der Waals surface area contributed by atoms with Crippen LogP contribution in [0.4, 0.5) is 4.39 Å². The first kappa shape index (κ1) is 23.8. The number of hydrogen-bond donors (Lipinski definition) is 2. The molecule has 7 nitrogen and oxygen atoms in total. The zero-order valence-electron chi connectivity index (χ0n) is 18.1. The lowest BCUT2D eigenvalue weighted by Crippen LogP contribution is -2.42. The van der Waals surface area contributed by atoms with Crippen LogP contribution in [-0.4, -0.2) is 40.7 Å². The monoisotopic (exact) mass is 500 g/mol. The third-order valence-corrected chi connectivity index (χ3v) is 6.96. The number of nitrogens with one attached hydrogen (secondary N) is 2. The van der Waals surface area contributed by atoms with E-state index in [2.05, 4.69) is 15.8 Å². The summed E-state index contributed by atoms with van der Waals surface area (Å²) in [4.78, 5) is 43.4. The minimum atomic E-state index is -0.521. The second-order valence-corrected chi connectivity index (χ2v) is 9.21. The zero-order chi connectivity index (χ0) is 24.1. The normalized spacial score (nSPS) is 14.0. The highest BCUT2D eigenvalue weighted by Crippen LogP contribution is 2.30. The molecule has 0 bridgehead atoms. The minimum Gasteiger partial charge on any atom is -0.342 e. The van der Waals surface area contributed by atoms with Gasteiger partial charge < -0.3 is 4.90 Å². The van der Waals surface area contributed by atoms with E-state index >= 15 is 0 Å². The maximum absolute atomic E-state index is 13.0. The average molecular weight is 501 g/mol. The molecule has 1 aliphatic rings. The number of benzene rings is 2. The molecule has 1 aliphatic heterocycles. The van der Waals surface area contributed by atoms with E-state index in [0.717, 1.165) is 23.4 Å². The van der Waals surface area contributed by atoms with Gasteiger partial charge in [0.25, 0.3) is 11.8 Å². The number of piperidine rings is 1. The number of likely N-dealkylation sites (tertiary alicyclic amines) is 1. The van der Waals surface area contributed by atoms with Gasteiger partial charge in [-0.15, -0.1) is 11.3 Å². The van der Waals surface area contributed by atoms with Crippen LogP contribution in [0, 0.1) is 5.82 Å². The van der Waals surface area contributed by atoms with Crippen molar-refractivity contribution in [2.75, 3.05) is 13.1 Å². The SMILES string of the molecule is O=C(NNC(=O)c1ccccc1Cl)c1csc(C2CCN(C(=O)Cc3ccc(F)cc3)CC2)n1. The predicted octanol–water partition coefficient (Wildman–Crippen LogP) is 3.96. The summed E-state index contributed by atoms with van der Waals surface area (Å²) in [6.07, 6.45) is 1.73. The Morgan fingerprint density at radius 3 is 2.41 bits per heavy atom. The smallest absolute Gasteiger partial charge is 0.289 e. The van der Waals surface area contributed by atoms with Crippen molar-refractivity contribution in [1.29, 1.82) is 0 Å². The van der Waals surface area contributed by atoms with Crippen LogP contribution in [0.3, 0.4) is 0 Å². The highest BCUT2D eigenvalue weighted by molar-refractivity contribution is 7.09. The molecule has 34 heavy (non-hydrogen) atoms. The number of amides is 3. The van der Waals surface area contributed by atoms with Crippen molar-refractivity contribution in [2.24, 2.45) is 0 Å². The maximum atomic E-state index is 13.0. The van der Waals surface area contributed by atoms with Gasteiger partial charge in [0.2, 0.25) is 5.91 Å². The maximum Gasteiger partial charge on any atom is 0.289 e. The van der Waals surface area contributed by atoms with Gasteiger partial charge in [0.1, 0.15) is 11.5 Å². The molecule has 1 fully saturated rings. The average Bonchev–Trinajstić information content (AvgIpc) is 3.35. The summed E-state index contributed by atoms with van der Waals surface area (Å²) in [5.41, 5.74) is 5.96. The number of nitrogens with zero attached hydrogens (tertiary/aromatic N) is 2. The Kier molecular flexibility index (Phi) is 7.54. The fourth-order valence-corrected chi connectivity index (χ4v) is 4.93. The quantitative estimate of drug-likeness (QED) is 0.519.